The van der Waals surface area contributed by atoms with E-state index in [-0.39, 0.29) is 107 Å². The van der Waals surface area contributed by atoms with E-state index in [1.165, 1.54) is 12.3 Å². The van der Waals surface area contributed by atoms with Crippen molar-refractivity contribution in [2.75, 3.05) is 54.9 Å². The molecule has 121 heavy (non-hydrogen) atoms. The maximum absolute atomic E-state index is 13.6. The molecule has 622 valence electrons. The summed E-state index contributed by atoms with van der Waals surface area (Å²) in [5.74, 6) is -0.813. The first-order chi connectivity index (χ1) is 58.1. The molecule has 4 N–H and O–H groups in total. The normalized spacial score (nSPS) is 10.6. The monoisotopic (exact) mass is 1650 g/mol. The summed E-state index contributed by atoms with van der Waals surface area (Å²) in [4.78, 5) is 120. The predicted molar refractivity (Wildman–Crippen MR) is 473 cm³/mol. The Kier molecular flexibility index (Phi) is 33.2. The number of ketones is 4. The summed E-state index contributed by atoms with van der Waals surface area (Å²) in [5, 5.41) is 42.0. The number of hydrogen-bond acceptors (Lipinski definition) is 17. The van der Waals surface area contributed by atoms with Gasteiger partial charge in [0.05, 0.1) is 29.4 Å². The van der Waals surface area contributed by atoms with E-state index in [2.05, 4.69) is 19.9 Å². The standard InChI is InChI=1S/C25H26N2O4.C25H26N2O3.C24H23ClN2O3.C24H23FN2O3/c1-4-25(30)27(2)20-10-7-18(8-11-20)19-9-12-21(23(29)15-19)22(28)13-5-17-6-14-24(31-3)26-16-17;1-4-25(30)27(3)21-11-8-19(9-12-21)20-10-13-22(24(29)15-20)23(28)14-7-18-6-5-17(2)26-16-18;2*1-3-23(30)27(2)19-10-6-16(7-11-19)18-8-12-20(22(29)15-18)21(28)13-9-17-5-4-14-26-24(17)25/h6-12,14-16,29H,4-5,13H2,1-3H3;5-6,8-13,15-16,29H,4,7,14H2,1-3H3;2*4-8,10-12,14-15,29H,3,9,13H2,1-2H3. The number of methoxy groups -OCH3 is 1. The number of aromatic hydroxyl groups is 4. The smallest absolute Gasteiger partial charge is 0.226 e. The van der Waals surface area contributed by atoms with Gasteiger partial charge in [0.25, 0.3) is 0 Å². The van der Waals surface area contributed by atoms with Gasteiger partial charge >= 0.3 is 0 Å². The van der Waals surface area contributed by atoms with Crippen molar-refractivity contribution < 1.29 is 67.9 Å². The van der Waals surface area contributed by atoms with Crippen molar-refractivity contribution >= 4 is 81.1 Å². The van der Waals surface area contributed by atoms with E-state index in [1.807, 2.05) is 168 Å². The third-order valence-corrected chi connectivity index (χ3v) is 20.8. The number of aromatic nitrogens is 4. The maximum Gasteiger partial charge on any atom is 0.226 e. The minimum atomic E-state index is -0.584. The number of phenolic OH excluding ortho intramolecular Hbond substituents is 4. The minimum absolute atomic E-state index is 0.0226. The average Bonchev–Trinajstić information content (AvgIpc) is 0.829. The second kappa shape index (κ2) is 44.1. The Bertz CT molecular complexity index is 5450. The lowest BCUT2D eigenvalue weighted by molar-refractivity contribution is -0.118. The summed E-state index contributed by atoms with van der Waals surface area (Å²) in [5.41, 5.74) is 15.0. The van der Waals surface area contributed by atoms with Crippen LogP contribution in [0.2, 0.25) is 5.15 Å². The van der Waals surface area contributed by atoms with Gasteiger partial charge in [-0.1, -0.05) is 136 Å². The van der Waals surface area contributed by atoms with E-state index in [9.17, 15) is 63.2 Å². The molecule has 0 spiro atoms. The number of nitrogens with zero attached hydrogens (tertiary/aromatic N) is 8. The van der Waals surface area contributed by atoms with Gasteiger partial charge in [-0.25, -0.2) is 15.0 Å². The lowest BCUT2D eigenvalue weighted by Crippen LogP contribution is -2.24. The highest BCUT2D eigenvalue weighted by atomic mass is 35.5. The number of benzene rings is 8. The Morgan fingerprint density at radius 1 is 0.355 bits per heavy atom. The predicted octanol–water partition coefficient (Wildman–Crippen LogP) is 19.7. The van der Waals surface area contributed by atoms with Crippen LogP contribution in [0.1, 0.15) is 148 Å². The van der Waals surface area contributed by atoms with Crippen LogP contribution < -0.4 is 24.3 Å². The number of anilines is 4. The maximum atomic E-state index is 13.6. The zero-order chi connectivity index (χ0) is 87.4. The number of rotatable bonds is 29. The lowest BCUT2D eigenvalue weighted by Gasteiger charge is -2.17. The van der Waals surface area contributed by atoms with Gasteiger partial charge in [0.15, 0.2) is 23.1 Å². The number of carbonyl (C=O) groups is 8. The lowest BCUT2D eigenvalue weighted by atomic mass is 9.98. The van der Waals surface area contributed by atoms with Crippen molar-refractivity contribution in [3.8, 4) is 73.4 Å². The third-order valence-electron chi connectivity index (χ3n) is 20.4. The second-order valence-electron chi connectivity index (χ2n) is 28.5. The number of phenols is 4. The number of amides is 4. The Morgan fingerprint density at radius 3 is 0.917 bits per heavy atom. The second-order valence-corrected chi connectivity index (χ2v) is 28.8. The van der Waals surface area contributed by atoms with Crippen LogP contribution in [0.4, 0.5) is 27.1 Å². The van der Waals surface area contributed by atoms with Crippen molar-refractivity contribution in [1.29, 1.82) is 0 Å². The van der Waals surface area contributed by atoms with Gasteiger partial charge in [-0.3, -0.25) is 43.3 Å². The zero-order valence-corrected chi connectivity index (χ0v) is 70.1. The molecule has 4 aromatic heterocycles. The fourth-order valence-corrected chi connectivity index (χ4v) is 13.1. The molecule has 0 aliphatic carbocycles. The minimum Gasteiger partial charge on any atom is -0.507 e. The first-order valence-electron chi connectivity index (χ1n) is 39.6. The number of carbonyl (C=O) groups excluding carboxylic acids is 8. The topological polar surface area (TPSA) is 291 Å². The van der Waals surface area contributed by atoms with Crippen LogP contribution in [0.25, 0.3) is 44.5 Å². The third kappa shape index (κ3) is 25.1. The summed E-state index contributed by atoms with van der Waals surface area (Å²) in [7, 11) is 8.52. The number of ether oxygens (including phenoxy) is 1. The Hall–Kier alpha value is -13.9. The Balaban J connectivity index is 0.000000183. The summed E-state index contributed by atoms with van der Waals surface area (Å²) < 4.78 is 18.6. The van der Waals surface area contributed by atoms with Crippen LogP contribution in [0.5, 0.6) is 28.9 Å². The number of halogens is 2. The van der Waals surface area contributed by atoms with Crippen LogP contribution in [0.15, 0.2) is 243 Å². The van der Waals surface area contributed by atoms with E-state index < -0.39 is 5.95 Å². The molecular weight excluding hydrogens is 1550 g/mol. The Morgan fingerprint density at radius 2 is 0.645 bits per heavy atom. The number of aryl methyl sites for hydroxylation is 5. The van der Waals surface area contributed by atoms with Crippen molar-refractivity contribution in [3.05, 3.63) is 304 Å². The Labute approximate surface area is 709 Å². The fraction of sp³-hybridized carbons (Fsp3) is 0.224. The highest BCUT2D eigenvalue weighted by Gasteiger charge is 2.21. The van der Waals surface area contributed by atoms with Crippen LogP contribution in [0.3, 0.4) is 0 Å². The van der Waals surface area contributed by atoms with Crippen molar-refractivity contribution in [3.63, 3.8) is 0 Å². The molecule has 0 atom stereocenters. The molecule has 0 saturated carbocycles. The van der Waals surface area contributed by atoms with Gasteiger partial charge in [-0.05, 0) is 209 Å². The molecule has 0 fully saturated rings. The molecule has 4 heterocycles. The van der Waals surface area contributed by atoms with Crippen LogP contribution in [-0.4, -0.2) is 122 Å². The van der Waals surface area contributed by atoms with E-state index in [0.29, 0.717) is 79.1 Å². The number of Topliss-reactive ketones (excluding diaryl/α,β-unsaturated/α-hetero) is 4. The summed E-state index contributed by atoms with van der Waals surface area (Å²) in [6, 6.07) is 64.3. The van der Waals surface area contributed by atoms with Crippen LogP contribution in [0, 0.1) is 12.9 Å². The van der Waals surface area contributed by atoms with E-state index in [4.69, 9.17) is 16.3 Å². The first kappa shape index (κ1) is 91.0. The molecule has 8 aromatic carbocycles. The van der Waals surface area contributed by atoms with E-state index in [0.717, 1.165) is 89.6 Å². The van der Waals surface area contributed by atoms with Crippen molar-refractivity contribution in [1.82, 2.24) is 19.9 Å². The number of pyridine rings is 4. The molecule has 21 nitrogen and oxygen atoms in total. The molecule has 0 radical (unpaired) electrons. The zero-order valence-electron chi connectivity index (χ0n) is 69.4. The molecule has 12 rings (SSSR count). The molecule has 23 heteroatoms. The largest absolute Gasteiger partial charge is 0.507 e. The van der Waals surface area contributed by atoms with Crippen molar-refractivity contribution in [2.24, 2.45) is 0 Å². The van der Waals surface area contributed by atoms with Gasteiger partial charge in [-0.2, -0.15) is 4.39 Å². The first-order valence-corrected chi connectivity index (χ1v) is 40.0. The SMILES string of the molecule is CCC(=O)N(C)c1ccc(-c2ccc(C(=O)CCc3ccc(C)nc3)c(O)c2)cc1.CCC(=O)N(C)c1ccc(-c2ccc(C(=O)CCc3ccc(OC)nc3)c(O)c2)cc1.CCC(=O)N(C)c1ccc(-c2ccc(C(=O)CCc3cccnc3Cl)c(O)c2)cc1.CCC(=O)N(C)c1ccc(-c2ccc(C(=O)CCc3cccnc3F)c(O)c2)cc1. The summed E-state index contributed by atoms with van der Waals surface area (Å²) in [6.45, 7) is 9.21. The van der Waals surface area contributed by atoms with Crippen LogP contribution >= 0.6 is 11.6 Å². The van der Waals surface area contributed by atoms with Gasteiger partial charge in [0.1, 0.15) is 28.2 Å². The van der Waals surface area contributed by atoms with E-state index >= 15 is 0 Å². The van der Waals surface area contributed by atoms with E-state index in [1.54, 1.807) is 152 Å². The molecule has 0 saturated heterocycles. The van der Waals surface area contributed by atoms with Gasteiger partial charge in [0.2, 0.25) is 35.5 Å². The summed E-state index contributed by atoms with van der Waals surface area (Å²) in [6.07, 6.45) is 10.8. The molecule has 0 aliphatic rings. The van der Waals surface area contributed by atoms with Crippen molar-refractivity contribution in [2.45, 2.75) is 112 Å². The van der Waals surface area contributed by atoms with Gasteiger partial charge < -0.3 is 44.8 Å². The number of hydrogen-bond donors (Lipinski definition) is 4. The van der Waals surface area contributed by atoms with Gasteiger partial charge in [0, 0.05) is 144 Å². The average molecular weight is 1650 g/mol. The van der Waals surface area contributed by atoms with Crippen LogP contribution in [-0.2, 0) is 44.9 Å². The molecule has 12 aromatic rings. The highest BCUT2D eigenvalue weighted by molar-refractivity contribution is 6.30. The molecule has 0 aliphatic heterocycles. The highest BCUT2D eigenvalue weighted by Crippen LogP contribution is 2.35. The molecular formula is C98H98ClFN8O13. The molecule has 0 unspecified atom stereocenters. The summed E-state index contributed by atoms with van der Waals surface area (Å²) >= 11 is 6.04. The quantitative estimate of drug-likeness (QED) is 0.0250. The fourth-order valence-electron chi connectivity index (χ4n) is 12.9. The molecule has 0 bridgehead atoms. The molecule has 4 amide bonds. The van der Waals surface area contributed by atoms with Gasteiger partial charge in [-0.15, -0.1) is 0 Å².